The van der Waals surface area contributed by atoms with Gasteiger partial charge in [0.15, 0.2) is 0 Å². The van der Waals surface area contributed by atoms with Gasteiger partial charge in [0.25, 0.3) is 0 Å². The van der Waals surface area contributed by atoms with Crippen molar-refractivity contribution >= 4 is 35.1 Å². The number of ether oxygens (including phenoxy) is 2. The Morgan fingerprint density at radius 1 is 0.615 bits per heavy atom. The Labute approximate surface area is 159 Å². The molecule has 0 atom stereocenters. The normalized spacial score (nSPS) is 10.2. The van der Waals surface area contributed by atoms with Gasteiger partial charge in [0.2, 0.25) is 0 Å². The zero-order valence-electron chi connectivity index (χ0n) is 13.3. The summed E-state index contributed by atoms with van der Waals surface area (Å²) in [6, 6.07) is 18.9. The van der Waals surface area contributed by atoms with Crippen LogP contribution in [0.4, 0.5) is 0 Å². The number of carbonyl (C=O) groups is 2. The van der Waals surface area contributed by atoms with E-state index in [9.17, 15) is 9.59 Å². The zero-order chi connectivity index (χ0) is 18.5. The Balaban J connectivity index is 1.69. The summed E-state index contributed by atoms with van der Waals surface area (Å²) in [6.45, 7) is 0. The molecule has 0 amide bonds. The van der Waals surface area contributed by atoms with Gasteiger partial charge in [0.1, 0.15) is 11.5 Å². The topological polar surface area (TPSA) is 52.6 Å². The van der Waals surface area contributed by atoms with E-state index in [1.165, 1.54) is 6.07 Å². The second-order valence-corrected chi connectivity index (χ2v) is 6.14. The summed E-state index contributed by atoms with van der Waals surface area (Å²) in [5.41, 5.74) is 0.718. The second kappa shape index (κ2) is 8.04. The monoisotopic (exact) mass is 386 g/mol. The minimum atomic E-state index is -0.539. The molecule has 0 saturated carbocycles. The van der Waals surface area contributed by atoms with Crippen molar-refractivity contribution in [2.24, 2.45) is 0 Å². The van der Waals surface area contributed by atoms with Gasteiger partial charge in [-0.05, 0) is 60.7 Å². The van der Waals surface area contributed by atoms with Crippen molar-refractivity contribution in [1.82, 2.24) is 0 Å². The lowest BCUT2D eigenvalue weighted by Gasteiger charge is -2.08. The van der Waals surface area contributed by atoms with Crippen molar-refractivity contribution in [3.63, 3.8) is 0 Å². The van der Waals surface area contributed by atoms with E-state index in [1.54, 1.807) is 66.7 Å². The molecule has 0 unspecified atom stereocenters. The molecule has 0 aliphatic carbocycles. The van der Waals surface area contributed by atoms with Crippen LogP contribution in [0, 0.1) is 0 Å². The van der Waals surface area contributed by atoms with Gasteiger partial charge in [-0.1, -0.05) is 29.3 Å². The van der Waals surface area contributed by atoms with Crippen LogP contribution in [0.5, 0.6) is 11.5 Å². The maximum Gasteiger partial charge on any atom is 0.343 e. The van der Waals surface area contributed by atoms with Crippen LogP contribution in [0.15, 0.2) is 72.8 Å². The van der Waals surface area contributed by atoms with Crippen LogP contribution in [-0.4, -0.2) is 11.9 Å². The van der Waals surface area contributed by atoms with Crippen LogP contribution in [0.25, 0.3) is 0 Å². The molecule has 0 N–H and O–H groups in total. The van der Waals surface area contributed by atoms with E-state index < -0.39 is 11.9 Å². The Morgan fingerprint density at radius 3 is 1.38 bits per heavy atom. The third-order valence-electron chi connectivity index (χ3n) is 3.39. The Morgan fingerprint density at radius 2 is 1.00 bits per heavy atom. The molecule has 3 aromatic rings. The van der Waals surface area contributed by atoms with E-state index >= 15 is 0 Å². The molecule has 0 fully saturated rings. The quantitative estimate of drug-likeness (QED) is 0.442. The zero-order valence-corrected chi connectivity index (χ0v) is 14.8. The average molecular weight is 387 g/mol. The van der Waals surface area contributed by atoms with Gasteiger partial charge in [-0.25, -0.2) is 9.59 Å². The first kappa shape index (κ1) is 18.0. The maximum atomic E-state index is 12.1. The molecule has 0 heterocycles. The van der Waals surface area contributed by atoms with Gasteiger partial charge < -0.3 is 9.47 Å². The first-order valence-corrected chi connectivity index (χ1v) is 8.32. The fourth-order valence-electron chi connectivity index (χ4n) is 2.11. The highest BCUT2D eigenvalue weighted by Crippen LogP contribution is 2.22. The Bertz CT molecular complexity index is 860. The molecule has 0 aliphatic heterocycles. The number of hydrogen-bond acceptors (Lipinski definition) is 4. The van der Waals surface area contributed by atoms with E-state index in [2.05, 4.69) is 0 Å². The van der Waals surface area contributed by atoms with Gasteiger partial charge in [0, 0.05) is 16.1 Å². The fraction of sp³-hybridized carbons (Fsp3) is 0. The lowest BCUT2D eigenvalue weighted by molar-refractivity contribution is 0.0733. The van der Waals surface area contributed by atoms with Gasteiger partial charge in [-0.15, -0.1) is 0 Å². The molecule has 0 spiro atoms. The molecule has 4 nitrogen and oxygen atoms in total. The van der Waals surface area contributed by atoms with Crippen LogP contribution < -0.4 is 9.47 Å². The summed E-state index contributed by atoms with van der Waals surface area (Å²) in [5.74, 6) is -0.566. The van der Waals surface area contributed by atoms with Gasteiger partial charge in [-0.2, -0.15) is 0 Å². The number of hydrogen-bond donors (Lipinski definition) is 0. The summed E-state index contributed by atoms with van der Waals surface area (Å²) >= 11 is 11.6. The van der Waals surface area contributed by atoms with Crippen molar-refractivity contribution in [3.05, 3.63) is 94.0 Å². The van der Waals surface area contributed by atoms with Gasteiger partial charge in [-0.3, -0.25) is 0 Å². The third kappa shape index (κ3) is 4.63. The van der Waals surface area contributed by atoms with Gasteiger partial charge >= 0.3 is 11.9 Å². The standard InChI is InChI=1S/C20H12Cl2O4/c21-15-8-4-13(5-9-15)19(23)25-17-2-1-3-18(12-17)26-20(24)14-6-10-16(22)11-7-14/h1-12H. The van der Waals surface area contributed by atoms with Crippen molar-refractivity contribution in [1.29, 1.82) is 0 Å². The average Bonchev–Trinajstić information content (AvgIpc) is 2.63. The Kier molecular flexibility index (Phi) is 5.56. The number of esters is 2. The summed E-state index contributed by atoms with van der Waals surface area (Å²) in [5, 5.41) is 1.05. The number of carbonyl (C=O) groups excluding carboxylic acids is 2. The molecule has 26 heavy (non-hydrogen) atoms. The first-order chi connectivity index (χ1) is 12.5. The van der Waals surface area contributed by atoms with Crippen molar-refractivity contribution in [2.45, 2.75) is 0 Å². The molecule has 0 aliphatic rings. The smallest absolute Gasteiger partial charge is 0.343 e. The van der Waals surface area contributed by atoms with Crippen molar-refractivity contribution in [2.75, 3.05) is 0 Å². The molecular weight excluding hydrogens is 375 g/mol. The van der Waals surface area contributed by atoms with Crippen LogP contribution in [0.1, 0.15) is 20.7 Å². The van der Waals surface area contributed by atoms with E-state index in [0.29, 0.717) is 21.2 Å². The molecule has 3 aromatic carbocycles. The summed E-state index contributed by atoms with van der Waals surface area (Å²) in [7, 11) is 0. The van der Waals surface area contributed by atoms with Crippen LogP contribution in [-0.2, 0) is 0 Å². The minimum Gasteiger partial charge on any atom is -0.423 e. The summed E-state index contributed by atoms with van der Waals surface area (Å²) in [4.78, 5) is 24.3. The molecule has 3 rings (SSSR count). The largest absolute Gasteiger partial charge is 0.423 e. The lowest BCUT2D eigenvalue weighted by Crippen LogP contribution is -2.10. The van der Waals surface area contributed by atoms with Crippen molar-refractivity contribution in [3.8, 4) is 11.5 Å². The highest BCUT2D eigenvalue weighted by molar-refractivity contribution is 6.31. The molecule has 6 heteroatoms. The van der Waals surface area contributed by atoms with Gasteiger partial charge in [0.05, 0.1) is 11.1 Å². The molecular formula is C20H12Cl2O4. The highest BCUT2D eigenvalue weighted by atomic mass is 35.5. The van der Waals surface area contributed by atoms with Crippen LogP contribution in [0.3, 0.4) is 0 Å². The predicted molar refractivity (Wildman–Crippen MR) is 99.3 cm³/mol. The number of halogens is 2. The number of rotatable bonds is 4. The van der Waals surface area contributed by atoms with Crippen molar-refractivity contribution < 1.29 is 19.1 Å². The van der Waals surface area contributed by atoms with E-state index in [1.807, 2.05) is 0 Å². The fourth-order valence-corrected chi connectivity index (χ4v) is 2.36. The Hall–Kier alpha value is -2.82. The molecule has 0 bridgehead atoms. The highest BCUT2D eigenvalue weighted by Gasteiger charge is 2.12. The molecule has 0 saturated heterocycles. The molecule has 0 radical (unpaired) electrons. The van der Waals surface area contributed by atoms with Crippen LogP contribution in [0.2, 0.25) is 10.0 Å². The number of benzene rings is 3. The summed E-state index contributed by atoms with van der Waals surface area (Å²) < 4.78 is 10.6. The van der Waals surface area contributed by atoms with E-state index in [0.717, 1.165) is 0 Å². The first-order valence-electron chi connectivity index (χ1n) is 7.57. The maximum absolute atomic E-state index is 12.1. The van der Waals surface area contributed by atoms with E-state index in [4.69, 9.17) is 32.7 Å². The minimum absolute atomic E-state index is 0.256. The molecule has 0 aromatic heterocycles. The SMILES string of the molecule is O=C(Oc1cccc(OC(=O)c2ccc(Cl)cc2)c1)c1ccc(Cl)cc1. The summed E-state index contributed by atoms with van der Waals surface area (Å²) in [6.07, 6.45) is 0. The molecule has 130 valence electrons. The van der Waals surface area contributed by atoms with E-state index in [-0.39, 0.29) is 11.5 Å². The lowest BCUT2D eigenvalue weighted by atomic mass is 10.2. The predicted octanol–water partition coefficient (Wildman–Crippen LogP) is 5.43. The second-order valence-electron chi connectivity index (χ2n) is 5.27. The third-order valence-corrected chi connectivity index (χ3v) is 3.89. The van der Waals surface area contributed by atoms with Crippen LogP contribution >= 0.6 is 23.2 Å².